The van der Waals surface area contributed by atoms with Gasteiger partial charge in [0, 0.05) is 48.7 Å². The highest BCUT2D eigenvalue weighted by molar-refractivity contribution is 5.80. The monoisotopic (exact) mass is 354 g/mol. The van der Waals surface area contributed by atoms with Crippen LogP contribution in [0.4, 0.5) is 15.9 Å². The molecule has 0 aliphatic carbocycles. The Labute approximate surface area is 152 Å². The molecule has 0 saturated heterocycles. The Bertz CT molecular complexity index is 922. The number of nitrogens with zero attached hydrogens (tertiary/aromatic N) is 4. The van der Waals surface area contributed by atoms with E-state index in [0.717, 1.165) is 37.7 Å². The highest BCUT2D eigenvalue weighted by Gasteiger charge is 2.16. The summed E-state index contributed by atoms with van der Waals surface area (Å²) in [6.45, 7) is 7.85. The highest BCUT2D eigenvalue weighted by Crippen LogP contribution is 2.29. The topological polar surface area (TPSA) is 57.5 Å². The first kappa shape index (κ1) is 16.8. The molecule has 0 spiro atoms. The van der Waals surface area contributed by atoms with Gasteiger partial charge in [-0.1, -0.05) is 6.92 Å². The Kier molecular flexibility index (Phi) is 4.46. The molecule has 1 aliphatic rings. The summed E-state index contributed by atoms with van der Waals surface area (Å²) in [5.41, 5.74) is 2.74. The number of benzene rings is 1. The summed E-state index contributed by atoms with van der Waals surface area (Å²) in [5.74, 6) is 0.496. The summed E-state index contributed by atoms with van der Waals surface area (Å²) in [4.78, 5) is 7.05. The van der Waals surface area contributed by atoms with Gasteiger partial charge in [0.15, 0.2) is 5.65 Å². The van der Waals surface area contributed by atoms with Crippen LogP contribution < -0.4 is 10.6 Å². The van der Waals surface area contributed by atoms with Crippen LogP contribution in [0, 0.1) is 5.82 Å². The van der Waals surface area contributed by atoms with Crippen molar-refractivity contribution in [3.05, 3.63) is 42.5 Å². The number of fused-ring (bicyclic) bond motifs is 4. The Morgan fingerprint density at radius 3 is 2.96 bits per heavy atom. The van der Waals surface area contributed by atoms with E-state index in [4.69, 9.17) is 0 Å². The minimum absolute atomic E-state index is 0.277. The molecule has 0 radical (unpaired) electrons. The predicted octanol–water partition coefficient (Wildman–Crippen LogP) is 3.08. The summed E-state index contributed by atoms with van der Waals surface area (Å²) >= 11 is 0. The SMILES string of the molecule is CCN1CCNc2ccn3ncc(c3n2)-c2cc(ccc2F)NC[C@@H]1C. The fourth-order valence-corrected chi connectivity index (χ4v) is 3.41. The third kappa shape index (κ3) is 3.10. The van der Waals surface area contributed by atoms with Crippen molar-refractivity contribution in [1.29, 1.82) is 0 Å². The molecule has 26 heavy (non-hydrogen) atoms. The summed E-state index contributed by atoms with van der Waals surface area (Å²) in [7, 11) is 0. The third-order valence-electron chi connectivity index (χ3n) is 4.96. The van der Waals surface area contributed by atoms with Crippen molar-refractivity contribution in [3.8, 4) is 11.1 Å². The molecule has 1 aromatic carbocycles. The Morgan fingerprint density at radius 2 is 2.12 bits per heavy atom. The molecule has 6 nitrogen and oxygen atoms in total. The zero-order valence-corrected chi connectivity index (χ0v) is 15.0. The highest BCUT2D eigenvalue weighted by atomic mass is 19.1. The molecule has 136 valence electrons. The van der Waals surface area contributed by atoms with Crippen molar-refractivity contribution < 1.29 is 4.39 Å². The van der Waals surface area contributed by atoms with E-state index >= 15 is 0 Å². The standard InChI is InChI=1S/C19H23FN6/c1-3-25-9-7-21-18-6-8-26-19(24-18)16(12-23-26)15-10-14(4-5-17(15)20)22-11-13(25)2/h4-6,8,10,12-13,22H,3,7,9,11H2,1-2H3,(H,21,24)/t13-/m0/s1. The lowest BCUT2D eigenvalue weighted by Gasteiger charge is -2.28. The van der Waals surface area contributed by atoms with Crippen LogP contribution in [0.15, 0.2) is 36.7 Å². The number of hydrogen-bond acceptors (Lipinski definition) is 5. The van der Waals surface area contributed by atoms with Crippen LogP contribution in [-0.2, 0) is 0 Å². The van der Waals surface area contributed by atoms with Crippen molar-refractivity contribution in [2.45, 2.75) is 19.9 Å². The van der Waals surface area contributed by atoms with Crippen LogP contribution in [0.2, 0.25) is 0 Å². The number of rotatable bonds is 1. The normalized spacial score (nSPS) is 18.3. The lowest BCUT2D eigenvalue weighted by Crippen LogP contribution is -2.40. The van der Waals surface area contributed by atoms with E-state index in [1.807, 2.05) is 18.3 Å². The van der Waals surface area contributed by atoms with E-state index in [2.05, 4.69) is 39.5 Å². The van der Waals surface area contributed by atoms with Crippen LogP contribution >= 0.6 is 0 Å². The maximum atomic E-state index is 14.5. The predicted molar refractivity (Wildman–Crippen MR) is 102 cm³/mol. The largest absolute Gasteiger partial charge is 0.383 e. The fourth-order valence-electron chi connectivity index (χ4n) is 3.41. The lowest BCUT2D eigenvalue weighted by atomic mass is 10.1. The summed E-state index contributed by atoms with van der Waals surface area (Å²) in [5, 5.41) is 11.1. The number of anilines is 2. The molecular weight excluding hydrogens is 331 g/mol. The van der Waals surface area contributed by atoms with Gasteiger partial charge in [0.25, 0.3) is 0 Å². The Balaban J connectivity index is 1.82. The molecule has 4 rings (SSSR count). The van der Waals surface area contributed by atoms with Gasteiger partial charge >= 0.3 is 0 Å². The number of likely N-dealkylation sites (N-methyl/N-ethyl adjacent to an activating group) is 1. The molecule has 7 heteroatoms. The molecule has 4 bridgehead atoms. The summed E-state index contributed by atoms with van der Waals surface area (Å²) in [6, 6.07) is 7.37. The van der Waals surface area contributed by atoms with Gasteiger partial charge in [-0.2, -0.15) is 5.10 Å². The van der Waals surface area contributed by atoms with Crippen LogP contribution in [0.3, 0.4) is 0 Å². The van der Waals surface area contributed by atoms with E-state index in [9.17, 15) is 4.39 Å². The number of aromatic nitrogens is 3. The van der Waals surface area contributed by atoms with E-state index in [1.54, 1.807) is 16.8 Å². The zero-order valence-electron chi connectivity index (χ0n) is 15.0. The van der Waals surface area contributed by atoms with Crippen LogP contribution in [0.25, 0.3) is 16.8 Å². The van der Waals surface area contributed by atoms with Gasteiger partial charge in [0.1, 0.15) is 11.6 Å². The Morgan fingerprint density at radius 1 is 1.23 bits per heavy atom. The minimum atomic E-state index is -0.277. The second-order valence-electron chi connectivity index (χ2n) is 6.62. The van der Waals surface area contributed by atoms with Gasteiger partial charge in [-0.25, -0.2) is 13.9 Å². The molecule has 3 aromatic rings. The summed E-state index contributed by atoms with van der Waals surface area (Å²) in [6.07, 6.45) is 3.52. The first-order valence-electron chi connectivity index (χ1n) is 9.02. The van der Waals surface area contributed by atoms with Crippen LogP contribution in [-0.4, -0.2) is 51.7 Å². The molecule has 0 amide bonds. The van der Waals surface area contributed by atoms with Crippen molar-refractivity contribution >= 4 is 17.2 Å². The first-order valence-corrected chi connectivity index (χ1v) is 9.02. The zero-order chi connectivity index (χ0) is 18.1. The number of halogens is 1. The second-order valence-corrected chi connectivity index (χ2v) is 6.62. The average molecular weight is 354 g/mol. The second kappa shape index (κ2) is 6.92. The van der Waals surface area contributed by atoms with Crippen molar-refractivity contribution in [3.63, 3.8) is 0 Å². The maximum Gasteiger partial charge on any atom is 0.165 e. The van der Waals surface area contributed by atoms with Crippen molar-refractivity contribution in [2.24, 2.45) is 0 Å². The molecule has 3 heterocycles. The maximum absolute atomic E-state index is 14.5. The molecule has 2 aromatic heterocycles. The third-order valence-corrected chi connectivity index (χ3v) is 4.96. The van der Waals surface area contributed by atoms with Gasteiger partial charge in [0.05, 0.1) is 6.20 Å². The van der Waals surface area contributed by atoms with Gasteiger partial charge in [-0.05, 0) is 37.7 Å². The Hall–Kier alpha value is -2.67. The molecule has 0 saturated carbocycles. The fraction of sp³-hybridized carbons (Fsp3) is 0.368. The molecule has 0 fully saturated rings. The average Bonchev–Trinajstić information content (AvgIpc) is 3.07. The first-order chi connectivity index (χ1) is 12.7. The van der Waals surface area contributed by atoms with E-state index in [-0.39, 0.29) is 5.82 Å². The molecule has 2 N–H and O–H groups in total. The van der Waals surface area contributed by atoms with Crippen LogP contribution in [0.1, 0.15) is 13.8 Å². The smallest absolute Gasteiger partial charge is 0.165 e. The van der Waals surface area contributed by atoms with E-state index in [1.165, 1.54) is 6.07 Å². The van der Waals surface area contributed by atoms with E-state index < -0.39 is 0 Å². The van der Waals surface area contributed by atoms with Gasteiger partial charge in [-0.15, -0.1) is 0 Å². The minimum Gasteiger partial charge on any atom is -0.383 e. The number of hydrogen-bond donors (Lipinski definition) is 2. The molecule has 1 aliphatic heterocycles. The van der Waals surface area contributed by atoms with E-state index in [0.29, 0.717) is 22.8 Å². The van der Waals surface area contributed by atoms with Gasteiger partial charge in [-0.3, -0.25) is 4.90 Å². The number of nitrogens with one attached hydrogen (secondary N) is 2. The van der Waals surface area contributed by atoms with Crippen molar-refractivity contribution in [1.82, 2.24) is 19.5 Å². The molecular formula is C19H23FN6. The van der Waals surface area contributed by atoms with Crippen molar-refractivity contribution in [2.75, 3.05) is 36.8 Å². The van der Waals surface area contributed by atoms with Gasteiger partial charge in [0.2, 0.25) is 0 Å². The molecule has 0 unspecified atom stereocenters. The quantitative estimate of drug-likeness (QED) is 0.703. The van der Waals surface area contributed by atoms with Crippen LogP contribution in [0.5, 0.6) is 0 Å². The van der Waals surface area contributed by atoms with Gasteiger partial charge < -0.3 is 10.6 Å². The molecule has 1 atom stereocenters. The summed E-state index contributed by atoms with van der Waals surface area (Å²) < 4.78 is 16.2. The lowest BCUT2D eigenvalue weighted by molar-refractivity contribution is 0.237.